The van der Waals surface area contributed by atoms with Crippen molar-refractivity contribution in [1.82, 2.24) is 0 Å². The van der Waals surface area contributed by atoms with Crippen molar-refractivity contribution >= 4 is 33.4 Å². The third kappa shape index (κ3) is 2.64. The van der Waals surface area contributed by atoms with Crippen LogP contribution in [0, 0.1) is 5.82 Å². The second kappa shape index (κ2) is 5.59. The van der Waals surface area contributed by atoms with E-state index in [1.54, 1.807) is 0 Å². The number of ether oxygens (including phenoxy) is 1. The van der Waals surface area contributed by atoms with Crippen molar-refractivity contribution in [2.24, 2.45) is 0 Å². The Balaban J connectivity index is 2.19. The van der Waals surface area contributed by atoms with Gasteiger partial charge < -0.3 is 4.74 Å². The van der Waals surface area contributed by atoms with Gasteiger partial charge in [-0.1, -0.05) is 12.1 Å². The molecule has 1 aliphatic rings. The molecule has 2 aromatic carbocycles. The standard InChI is InChI=1S/C15H6BrF4NO3/c16-9-5-6-10(17)12(24-15(18,19)20)11(9)21-13(22)7-3-1-2-4-8(7)14(21)23/h1-6H. The number of hydrogen-bond acceptors (Lipinski definition) is 3. The molecule has 0 unspecified atom stereocenters. The number of hydrogen-bond donors (Lipinski definition) is 0. The van der Waals surface area contributed by atoms with Crippen molar-refractivity contribution in [3.63, 3.8) is 0 Å². The molecule has 0 aromatic heterocycles. The predicted octanol–water partition coefficient (Wildman–Crippen LogP) is 4.29. The Labute approximate surface area is 140 Å². The number of anilines is 1. The van der Waals surface area contributed by atoms with Gasteiger partial charge in [-0.15, -0.1) is 13.2 Å². The summed E-state index contributed by atoms with van der Waals surface area (Å²) in [6, 6.07) is 7.52. The third-order valence-electron chi connectivity index (χ3n) is 3.27. The number of alkyl halides is 3. The Morgan fingerprint density at radius 2 is 1.50 bits per heavy atom. The molecular weight excluding hydrogens is 398 g/mol. The molecule has 1 heterocycles. The van der Waals surface area contributed by atoms with Gasteiger partial charge in [-0.25, -0.2) is 9.29 Å². The molecule has 2 aromatic rings. The molecule has 0 aliphatic carbocycles. The van der Waals surface area contributed by atoms with Gasteiger partial charge in [-0.05, 0) is 40.2 Å². The van der Waals surface area contributed by atoms with E-state index < -0.39 is 35.4 Å². The highest BCUT2D eigenvalue weighted by atomic mass is 79.9. The van der Waals surface area contributed by atoms with Gasteiger partial charge in [0.15, 0.2) is 11.6 Å². The zero-order valence-corrected chi connectivity index (χ0v) is 13.1. The fourth-order valence-electron chi connectivity index (χ4n) is 2.34. The highest BCUT2D eigenvalue weighted by molar-refractivity contribution is 9.10. The summed E-state index contributed by atoms with van der Waals surface area (Å²) < 4.78 is 55.3. The minimum Gasteiger partial charge on any atom is -0.400 e. The fourth-order valence-corrected chi connectivity index (χ4v) is 2.83. The highest BCUT2D eigenvalue weighted by Crippen LogP contribution is 2.43. The zero-order valence-electron chi connectivity index (χ0n) is 11.5. The first-order valence-electron chi connectivity index (χ1n) is 6.42. The molecule has 0 bridgehead atoms. The lowest BCUT2D eigenvalue weighted by molar-refractivity contribution is -0.275. The molecule has 0 radical (unpaired) electrons. The monoisotopic (exact) mass is 403 g/mol. The number of halogens is 5. The number of amides is 2. The van der Waals surface area contributed by atoms with Crippen LogP contribution in [0.2, 0.25) is 0 Å². The number of fused-ring (bicyclic) bond motifs is 1. The molecule has 0 saturated heterocycles. The molecule has 4 nitrogen and oxygen atoms in total. The largest absolute Gasteiger partial charge is 0.573 e. The SMILES string of the molecule is O=C1c2ccccc2C(=O)N1c1c(Br)ccc(F)c1OC(F)(F)F. The Morgan fingerprint density at radius 1 is 0.958 bits per heavy atom. The Kier molecular flexibility index (Phi) is 3.83. The van der Waals surface area contributed by atoms with Crippen molar-refractivity contribution in [3.05, 3.63) is 57.8 Å². The van der Waals surface area contributed by atoms with Crippen LogP contribution in [0.25, 0.3) is 0 Å². The topological polar surface area (TPSA) is 46.6 Å². The first-order chi connectivity index (χ1) is 11.2. The molecule has 0 fully saturated rings. The van der Waals surface area contributed by atoms with E-state index in [2.05, 4.69) is 20.7 Å². The van der Waals surface area contributed by atoms with Crippen molar-refractivity contribution in [2.45, 2.75) is 6.36 Å². The normalized spacial score (nSPS) is 14.1. The molecule has 9 heteroatoms. The Bertz CT molecular complexity index is 831. The van der Waals surface area contributed by atoms with E-state index in [-0.39, 0.29) is 15.6 Å². The number of imide groups is 1. The fraction of sp³-hybridized carbons (Fsp3) is 0.0667. The van der Waals surface area contributed by atoms with Gasteiger partial charge in [-0.2, -0.15) is 0 Å². The molecule has 24 heavy (non-hydrogen) atoms. The summed E-state index contributed by atoms with van der Waals surface area (Å²) in [6.45, 7) is 0. The first kappa shape index (κ1) is 16.4. The molecule has 0 atom stereocenters. The average molecular weight is 404 g/mol. The van der Waals surface area contributed by atoms with Crippen LogP contribution in [-0.4, -0.2) is 18.2 Å². The molecule has 3 rings (SSSR count). The molecule has 0 saturated carbocycles. The summed E-state index contributed by atoms with van der Waals surface area (Å²) >= 11 is 2.94. The summed E-state index contributed by atoms with van der Waals surface area (Å²) in [6.07, 6.45) is -5.20. The lowest BCUT2D eigenvalue weighted by Crippen LogP contribution is -2.31. The number of carbonyl (C=O) groups is 2. The van der Waals surface area contributed by atoms with Crippen LogP contribution in [0.4, 0.5) is 23.2 Å². The Hall–Kier alpha value is -2.42. The summed E-state index contributed by atoms with van der Waals surface area (Å²) in [5.41, 5.74) is -0.619. The van der Waals surface area contributed by atoms with Crippen LogP contribution in [-0.2, 0) is 0 Å². The predicted molar refractivity (Wildman–Crippen MR) is 78.4 cm³/mol. The minimum atomic E-state index is -5.20. The van der Waals surface area contributed by atoms with Gasteiger partial charge in [0.1, 0.15) is 5.69 Å². The second-order valence-electron chi connectivity index (χ2n) is 4.75. The average Bonchev–Trinajstić information content (AvgIpc) is 2.75. The number of carbonyl (C=O) groups excluding carboxylic acids is 2. The molecular formula is C15H6BrF4NO3. The van der Waals surface area contributed by atoms with Gasteiger partial charge in [-0.3, -0.25) is 9.59 Å². The van der Waals surface area contributed by atoms with E-state index in [4.69, 9.17) is 0 Å². The van der Waals surface area contributed by atoms with E-state index in [0.717, 1.165) is 12.1 Å². The molecule has 0 spiro atoms. The summed E-state index contributed by atoms with van der Waals surface area (Å²) in [7, 11) is 0. The number of benzene rings is 2. The van der Waals surface area contributed by atoms with Crippen LogP contribution < -0.4 is 9.64 Å². The van der Waals surface area contributed by atoms with E-state index in [9.17, 15) is 27.2 Å². The van der Waals surface area contributed by atoms with Gasteiger partial charge in [0.2, 0.25) is 0 Å². The van der Waals surface area contributed by atoms with Gasteiger partial charge in [0.05, 0.1) is 11.1 Å². The van der Waals surface area contributed by atoms with Crippen molar-refractivity contribution in [1.29, 1.82) is 0 Å². The summed E-state index contributed by atoms with van der Waals surface area (Å²) in [5, 5.41) is 0. The van der Waals surface area contributed by atoms with Gasteiger partial charge >= 0.3 is 6.36 Å². The summed E-state index contributed by atoms with van der Waals surface area (Å²) in [4.78, 5) is 25.3. The maximum Gasteiger partial charge on any atom is 0.573 e. The van der Waals surface area contributed by atoms with E-state index in [0.29, 0.717) is 4.90 Å². The van der Waals surface area contributed by atoms with Gasteiger partial charge in [0, 0.05) is 4.47 Å². The molecule has 124 valence electrons. The van der Waals surface area contributed by atoms with Crippen molar-refractivity contribution in [3.8, 4) is 5.75 Å². The lowest BCUT2D eigenvalue weighted by Gasteiger charge is -2.21. The molecule has 2 amide bonds. The minimum absolute atomic E-state index is 0.0108. The van der Waals surface area contributed by atoms with Crippen molar-refractivity contribution < 1.29 is 31.9 Å². The van der Waals surface area contributed by atoms with Crippen LogP contribution >= 0.6 is 15.9 Å². The third-order valence-corrected chi connectivity index (χ3v) is 3.91. The number of nitrogens with zero attached hydrogens (tertiary/aromatic N) is 1. The van der Waals surface area contributed by atoms with Gasteiger partial charge in [0.25, 0.3) is 11.8 Å². The zero-order chi connectivity index (χ0) is 17.6. The maximum atomic E-state index is 13.9. The van der Waals surface area contributed by atoms with E-state index >= 15 is 0 Å². The summed E-state index contributed by atoms with van der Waals surface area (Å²) in [5.74, 6) is -4.35. The molecule has 1 aliphatic heterocycles. The molecule has 0 N–H and O–H groups in total. The quantitative estimate of drug-likeness (QED) is 0.555. The van der Waals surface area contributed by atoms with Crippen LogP contribution in [0.5, 0.6) is 5.75 Å². The van der Waals surface area contributed by atoms with E-state index in [1.807, 2.05) is 0 Å². The smallest absolute Gasteiger partial charge is 0.400 e. The van der Waals surface area contributed by atoms with Crippen LogP contribution in [0.3, 0.4) is 0 Å². The Morgan fingerprint density at radius 3 is 2.00 bits per heavy atom. The maximum absolute atomic E-state index is 13.9. The van der Waals surface area contributed by atoms with Crippen molar-refractivity contribution in [2.75, 3.05) is 4.90 Å². The second-order valence-corrected chi connectivity index (χ2v) is 5.60. The van der Waals surface area contributed by atoms with E-state index in [1.165, 1.54) is 24.3 Å². The number of rotatable bonds is 2. The lowest BCUT2D eigenvalue weighted by atomic mass is 10.1. The van der Waals surface area contributed by atoms with Crippen LogP contribution in [0.1, 0.15) is 20.7 Å². The highest BCUT2D eigenvalue weighted by Gasteiger charge is 2.42. The van der Waals surface area contributed by atoms with Crippen LogP contribution in [0.15, 0.2) is 40.9 Å². The first-order valence-corrected chi connectivity index (χ1v) is 7.21.